The predicted octanol–water partition coefficient (Wildman–Crippen LogP) is -0.0946. The molecule has 1 aliphatic heterocycles. The van der Waals surface area contributed by atoms with E-state index in [0.29, 0.717) is 13.1 Å². The summed E-state index contributed by atoms with van der Waals surface area (Å²) >= 11 is 0. The molecule has 1 heterocycles. The van der Waals surface area contributed by atoms with E-state index in [0.717, 1.165) is 0 Å². The number of sulfone groups is 1. The van der Waals surface area contributed by atoms with Crippen molar-refractivity contribution in [2.75, 3.05) is 37.7 Å². The summed E-state index contributed by atoms with van der Waals surface area (Å²) in [6, 6.07) is 0.0806. The molecule has 0 radical (unpaired) electrons. The number of ether oxygens (including phenoxy) is 1. The summed E-state index contributed by atoms with van der Waals surface area (Å²) in [5, 5.41) is 0. The van der Waals surface area contributed by atoms with Crippen LogP contribution >= 0.6 is 0 Å². The monoisotopic (exact) mass is 334 g/mol. The number of hydrogen-bond donors (Lipinski definition) is 0. The van der Waals surface area contributed by atoms with Crippen molar-refractivity contribution in [3.05, 3.63) is 0 Å². The van der Waals surface area contributed by atoms with Gasteiger partial charge in [-0.15, -0.1) is 0 Å². The van der Waals surface area contributed by atoms with Crippen LogP contribution < -0.4 is 0 Å². The van der Waals surface area contributed by atoms with Crippen molar-refractivity contribution in [3.63, 3.8) is 0 Å². The van der Waals surface area contributed by atoms with Gasteiger partial charge in [0.15, 0.2) is 16.4 Å². The molecule has 1 fully saturated rings. The molecule has 0 bridgehead atoms. The van der Waals surface area contributed by atoms with Crippen LogP contribution in [-0.4, -0.2) is 79.9 Å². The van der Waals surface area contributed by atoms with Crippen LogP contribution in [0.25, 0.3) is 0 Å². The van der Waals surface area contributed by atoms with Crippen LogP contribution in [0.1, 0.15) is 27.7 Å². The minimum absolute atomic E-state index is 0.0200. The summed E-state index contributed by atoms with van der Waals surface area (Å²) in [6.07, 6.45) is 0. The summed E-state index contributed by atoms with van der Waals surface area (Å²) < 4.78 is 27.6. The first-order valence-corrected chi connectivity index (χ1v) is 9.34. The first-order valence-electron chi connectivity index (χ1n) is 7.52. The van der Waals surface area contributed by atoms with Gasteiger partial charge in [-0.05, 0) is 27.7 Å². The lowest BCUT2D eigenvalue weighted by Crippen LogP contribution is -2.45. The van der Waals surface area contributed by atoms with Gasteiger partial charge in [-0.3, -0.25) is 14.5 Å². The number of esters is 1. The molecule has 0 aromatic rings. The van der Waals surface area contributed by atoms with Gasteiger partial charge in [-0.2, -0.15) is 0 Å². The lowest BCUT2D eigenvalue weighted by molar-refractivity contribution is -0.154. The van der Waals surface area contributed by atoms with Gasteiger partial charge in [-0.25, -0.2) is 8.42 Å². The van der Waals surface area contributed by atoms with Crippen LogP contribution in [0, 0.1) is 0 Å². The van der Waals surface area contributed by atoms with E-state index in [2.05, 4.69) is 0 Å². The molecule has 0 aliphatic carbocycles. The van der Waals surface area contributed by atoms with E-state index >= 15 is 0 Å². The van der Waals surface area contributed by atoms with E-state index in [1.54, 1.807) is 9.80 Å². The zero-order chi connectivity index (χ0) is 16.9. The van der Waals surface area contributed by atoms with Crippen LogP contribution in [0.15, 0.2) is 0 Å². The molecule has 128 valence electrons. The Hall–Kier alpha value is -1.15. The molecular weight excluding hydrogens is 308 g/mol. The van der Waals surface area contributed by atoms with Gasteiger partial charge in [-0.1, -0.05) is 0 Å². The lowest BCUT2D eigenvalue weighted by atomic mass is 10.2. The zero-order valence-corrected chi connectivity index (χ0v) is 14.6. The highest BCUT2D eigenvalue weighted by Gasteiger charge is 2.25. The van der Waals surface area contributed by atoms with Crippen molar-refractivity contribution < 1.29 is 22.7 Å². The zero-order valence-electron chi connectivity index (χ0n) is 13.7. The molecule has 7 nitrogen and oxygen atoms in total. The molecule has 1 aliphatic rings. The molecule has 1 rings (SSSR count). The average Bonchev–Trinajstić information content (AvgIpc) is 2.38. The standard InChI is InChI=1S/C14H26N2O5S/c1-11(2)16(12(3)4)13(17)10-21-14(18)9-15-5-7-22(19,20)8-6-15/h11-12H,5-10H2,1-4H3. The van der Waals surface area contributed by atoms with E-state index in [1.165, 1.54) is 0 Å². The molecule has 8 heteroatoms. The van der Waals surface area contributed by atoms with E-state index in [1.807, 2.05) is 27.7 Å². The van der Waals surface area contributed by atoms with Gasteiger partial charge < -0.3 is 9.64 Å². The van der Waals surface area contributed by atoms with Crippen LogP contribution in [-0.2, 0) is 24.2 Å². The fourth-order valence-electron chi connectivity index (χ4n) is 2.53. The fraction of sp³-hybridized carbons (Fsp3) is 0.857. The fourth-order valence-corrected chi connectivity index (χ4v) is 3.80. The number of hydrogen-bond acceptors (Lipinski definition) is 6. The second-order valence-electron chi connectivity index (χ2n) is 6.08. The molecule has 0 N–H and O–H groups in total. The maximum Gasteiger partial charge on any atom is 0.320 e. The Labute approximate surface area is 132 Å². The molecule has 0 atom stereocenters. The maximum atomic E-state index is 12.1. The summed E-state index contributed by atoms with van der Waals surface area (Å²) in [5.74, 6) is -0.596. The SMILES string of the molecule is CC(C)N(C(=O)COC(=O)CN1CCS(=O)(=O)CC1)C(C)C. The average molecular weight is 334 g/mol. The molecule has 0 spiro atoms. The maximum absolute atomic E-state index is 12.1. The molecule has 0 aromatic heterocycles. The Bertz CT molecular complexity index is 479. The number of rotatable bonds is 6. The van der Waals surface area contributed by atoms with Gasteiger partial charge >= 0.3 is 5.97 Å². The highest BCUT2D eigenvalue weighted by molar-refractivity contribution is 7.91. The summed E-state index contributed by atoms with van der Waals surface area (Å²) in [5.41, 5.74) is 0. The van der Waals surface area contributed by atoms with Crippen molar-refractivity contribution in [3.8, 4) is 0 Å². The minimum atomic E-state index is -2.96. The quantitative estimate of drug-likeness (QED) is 0.631. The van der Waals surface area contributed by atoms with Crippen LogP contribution in [0.5, 0.6) is 0 Å². The molecular formula is C14H26N2O5S. The normalized spacial score (nSPS) is 18.5. The van der Waals surface area contributed by atoms with Gasteiger partial charge in [0.05, 0.1) is 18.1 Å². The minimum Gasteiger partial charge on any atom is -0.455 e. The Morgan fingerprint density at radius 3 is 2.05 bits per heavy atom. The Morgan fingerprint density at radius 1 is 1.09 bits per heavy atom. The highest BCUT2D eigenvalue weighted by Crippen LogP contribution is 2.06. The first kappa shape index (κ1) is 18.9. The van der Waals surface area contributed by atoms with Crippen LogP contribution in [0.4, 0.5) is 0 Å². The highest BCUT2D eigenvalue weighted by atomic mass is 32.2. The first-order chi connectivity index (χ1) is 10.1. The van der Waals surface area contributed by atoms with Gasteiger partial charge in [0, 0.05) is 25.2 Å². The molecule has 0 saturated carbocycles. The van der Waals surface area contributed by atoms with Crippen molar-refractivity contribution >= 4 is 21.7 Å². The predicted molar refractivity (Wildman–Crippen MR) is 83.2 cm³/mol. The van der Waals surface area contributed by atoms with Gasteiger partial charge in [0.2, 0.25) is 0 Å². The van der Waals surface area contributed by atoms with Crippen molar-refractivity contribution in [2.24, 2.45) is 0 Å². The van der Waals surface area contributed by atoms with Crippen molar-refractivity contribution in [2.45, 2.75) is 39.8 Å². The summed E-state index contributed by atoms with van der Waals surface area (Å²) in [4.78, 5) is 27.2. The Balaban J connectivity index is 2.38. The number of nitrogens with zero attached hydrogens (tertiary/aromatic N) is 2. The number of amides is 1. The van der Waals surface area contributed by atoms with E-state index < -0.39 is 15.8 Å². The molecule has 1 saturated heterocycles. The molecule has 1 amide bonds. The topological polar surface area (TPSA) is 84.0 Å². The van der Waals surface area contributed by atoms with Crippen LogP contribution in [0.3, 0.4) is 0 Å². The largest absolute Gasteiger partial charge is 0.455 e. The third-order valence-electron chi connectivity index (χ3n) is 3.55. The second kappa shape index (κ2) is 7.92. The van der Waals surface area contributed by atoms with Crippen molar-refractivity contribution in [1.82, 2.24) is 9.80 Å². The number of carbonyl (C=O) groups is 2. The number of carbonyl (C=O) groups excluding carboxylic acids is 2. The van der Waals surface area contributed by atoms with E-state index in [-0.39, 0.29) is 42.6 Å². The van der Waals surface area contributed by atoms with E-state index in [9.17, 15) is 18.0 Å². The Kier molecular flexibility index (Phi) is 6.80. The van der Waals surface area contributed by atoms with Crippen molar-refractivity contribution in [1.29, 1.82) is 0 Å². The third-order valence-corrected chi connectivity index (χ3v) is 5.16. The third kappa shape index (κ3) is 5.92. The molecule has 22 heavy (non-hydrogen) atoms. The van der Waals surface area contributed by atoms with Gasteiger partial charge in [0.25, 0.3) is 5.91 Å². The lowest BCUT2D eigenvalue weighted by Gasteiger charge is -2.30. The smallest absolute Gasteiger partial charge is 0.320 e. The van der Waals surface area contributed by atoms with E-state index in [4.69, 9.17) is 4.74 Å². The summed E-state index contributed by atoms with van der Waals surface area (Å²) in [7, 11) is -2.96. The Morgan fingerprint density at radius 2 is 1.59 bits per heavy atom. The van der Waals surface area contributed by atoms with Crippen LogP contribution in [0.2, 0.25) is 0 Å². The van der Waals surface area contributed by atoms with Gasteiger partial charge in [0.1, 0.15) is 0 Å². The summed E-state index contributed by atoms with van der Waals surface area (Å²) in [6.45, 7) is 8.04. The molecule has 0 unspecified atom stereocenters. The second-order valence-corrected chi connectivity index (χ2v) is 8.38. The molecule has 0 aromatic carbocycles.